The Morgan fingerprint density at radius 3 is 2.25 bits per heavy atom. The Hall–Kier alpha value is -1.18. The van der Waals surface area contributed by atoms with Gasteiger partial charge >= 0.3 is 0 Å². The molecule has 4 atom stereocenters. The molecule has 2 bridgehead atoms. The molecule has 0 radical (unpaired) electrons. The maximum Gasteiger partial charge on any atom is 0.236 e. The van der Waals surface area contributed by atoms with Crippen LogP contribution in [0.2, 0.25) is 0 Å². The molecule has 1 N–H and O–H groups in total. The lowest BCUT2D eigenvalue weighted by atomic mass is 9.84. The van der Waals surface area contributed by atoms with Gasteiger partial charge in [0.1, 0.15) is 0 Å². The van der Waals surface area contributed by atoms with Crippen molar-refractivity contribution >= 4 is 11.8 Å². The quantitative estimate of drug-likeness (QED) is 0.709. The van der Waals surface area contributed by atoms with Crippen LogP contribution in [0.3, 0.4) is 0 Å². The maximum absolute atomic E-state index is 12.5. The summed E-state index contributed by atoms with van der Waals surface area (Å²) in [5, 5.41) is 3.27. The Morgan fingerprint density at radius 2 is 1.64 bits per heavy atom. The molecule has 2 aliphatic carbocycles. The zero-order valence-corrected chi connectivity index (χ0v) is 17.3. The molecule has 4 rings (SSSR count). The standard InChI is InChI=1S/C21H36N4O3/c1-16(19-13-17-2-3-18(19)12-17)22-20(26)14-23-4-6-24(7-5-23)15-21(27)25-8-10-28-11-9-25/h16-19H,2-15H2,1H3,(H,22,26)/t16-,17-,18-,19-/m0/s1. The van der Waals surface area contributed by atoms with Crippen LogP contribution >= 0.6 is 0 Å². The average molecular weight is 393 g/mol. The van der Waals surface area contributed by atoms with E-state index in [4.69, 9.17) is 4.74 Å². The first-order valence-corrected chi connectivity index (χ1v) is 11.2. The fourth-order valence-electron chi connectivity index (χ4n) is 5.73. The lowest BCUT2D eigenvalue weighted by Crippen LogP contribution is -2.53. The normalized spacial score (nSPS) is 32.5. The van der Waals surface area contributed by atoms with Crippen LogP contribution < -0.4 is 5.32 Å². The van der Waals surface area contributed by atoms with Gasteiger partial charge in [-0.25, -0.2) is 0 Å². The van der Waals surface area contributed by atoms with Gasteiger partial charge in [0, 0.05) is 45.3 Å². The SMILES string of the molecule is C[C@H](NC(=O)CN1CCN(CC(=O)N2CCOCC2)CC1)[C@@H]1C[C@H]2CC[C@H]1C2. The van der Waals surface area contributed by atoms with Gasteiger partial charge in [0.2, 0.25) is 11.8 Å². The lowest BCUT2D eigenvalue weighted by molar-refractivity contribution is -0.137. The van der Waals surface area contributed by atoms with Crippen LogP contribution in [0, 0.1) is 17.8 Å². The summed E-state index contributed by atoms with van der Waals surface area (Å²) in [5.41, 5.74) is 0. The van der Waals surface area contributed by atoms with Gasteiger partial charge in [0.15, 0.2) is 0 Å². The van der Waals surface area contributed by atoms with Crippen molar-refractivity contribution in [2.24, 2.45) is 17.8 Å². The van der Waals surface area contributed by atoms with E-state index in [1.807, 2.05) is 4.90 Å². The average Bonchev–Trinajstić information content (AvgIpc) is 3.34. The van der Waals surface area contributed by atoms with Crippen LogP contribution in [0.15, 0.2) is 0 Å². The Balaban J connectivity index is 1.14. The third kappa shape index (κ3) is 4.86. The number of hydrogen-bond acceptors (Lipinski definition) is 5. The fraction of sp³-hybridized carbons (Fsp3) is 0.905. The molecule has 158 valence electrons. The van der Waals surface area contributed by atoms with Gasteiger partial charge in [-0.1, -0.05) is 6.42 Å². The van der Waals surface area contributed by atoms with Crippen molar-refractivity contribution in [2.45, 2.75) is 38.6 Å². The summed E-state index contributed by atoms with van der Waals surface area (Å²) in [6, 6.07) is 0.301. The van der Waals surface area contributed by atoms with Crippen LogP contribution in [-0.2, 0) is 14.3 Å². The molecule has 4 fully saturated rings. The second-order valence-electron chi connectivity index (χ2n) is 9.24. The minimum absolute atomic E-state index is 0.160. The molecule has 2 saturated carbocycles. The van der Waals surface area contributed by atoms with Gasteiger partial charge in [0.05, 0.1) is 26.3 Å². The van der Waals surface area contributed by atoms with E-state index < -0.39 is 0 Å². The van der Waals surface area contributed by atoms with Crippen molar-refractivity contribution in [2.75, 3.05) is 65.6 Å². The molecule has 0 aromatic heterocycles. The number of nitrogens with zero attached hydrogens (tertiary/aromatic N) is 3. The molecule has 0 spiro atoms. The number of morpholine rings is 1. The lowest BCUT2D eigenvalue weighted by Gasteiger charge is -2.36. The van der Waals surface area contributed by atoms with E-state index in [2.05, 4.69) is 22.0 Å². The molecule has 2 saturated heterocycles. The largest absolute Gasteiger partial charge is 0.378 e. The first-order valence-electron chi connectivity index (χ1n) is 11.2. The van der Waals surface area contributed by atoms with Crippen molar-refractivity contribution in [3.8, 4) is 0 Å². The number of piperazine rings is 1. The van der Waals surface area contributed by atoms with E-state index >= 15 is 0 Å². The summed E-state index contributed by atoms with van der Waals surface area (Å²) in [5.74, 6) is 2.81. The van der Waals surface area contributed by atoms with E-state index in [1.54, 1.807) is 0 Å². The number of nitrogens with one attached hydrogen (secondary N) is 1. The van der Waals surface area contributed by atoms with Crippen molar-refractivity contribution in [3.63, 3.8) is 0 Å². The molecule has 28 heavy (non-hydrogen) atoms. The van der Waals surface area contributed by atoms with Crippen molar-refractivity contribution in [1.29, 1.82) is 0 Å². The predicted octanol–water partition coefficient (Wildman–Crippen LogP) is 0.404. The highest BCUT2D eigenvalue weighted by atomic mass is 16.5. The number of ether oxygens (including phenoxy) is 1. The van der Waals surface area contributed by atoms with Gasteiger partial charge in [0.25, 0.3) is 0 Å². The first kappa shape index (κ1) is 20.1. The monoisotopic (exact) mass is 392 g/mol. The Labute approximate surface area is 168 Å². The Bertz CT molecular complexity index is 558. The number of carbonyl (C=O) groups is 2. The highest BCUT2D eigenvalue weighted by Gasteiger charge is 2.42. The zero-order valence-electron chi connectivity index (χ0n) is 17.3. The van der Waals surface area contributed by atoms with Crippen LogP contribution in [0.25, 0.3) is 0 Å². The Kier molecular flexibility index (Phi) is 6.53. The van der Waals surface area contributed by atoms with E-state index in [0.717, 1.165) is 38.0 Å². The molecule has 0 aromatic carbocycles. The minimum atomic E-state index is 0.160. The molecule has 2 aliphatic heterocycles. The van der Waals surface area contributed by atoms with E-state index in [9.17, 15) is 9.59 Å². The third-order valence-electron chi connectivity index (χ3n) is 7.38. The highest BCUT2D eigenvalue weighted by Crippen LogP contribution is 2.49. The number of fused-ring (bicyclic) bond motifs is 2. The molecule has 7 nitrogen and oxygen atoms in total. The molecule has 2 amide bonds. The zero-order chi connectivity index (χ0) is 19.5. The van der Waals surface area contributed by atoms with Gasteiger partial charge in [-0.3, -0.25) is 19.4 Å². The molecule has 4 aliphatic rings. The molecule has 0 aromatic rings. The van der Waals surface area contributed by atoms with Gasteiger partial charge in [-0.05, 0) is 43.9 Å². The predicted molar refractivity (Wildman–Crippen MR) is 107 cm³/mol. The molecular weight excluding hydrogens is 356 g/mol. The van der Waals surface area contributed by atoms with E-state index in [1.165, 1.54) is 25.7 Å². The molecule has 0 unspecified atom stereocenters. The summed E-state index contributed by atoms with van der Waals surface area (Å²) >= 11 is 0. The van der Waals surface area contributed by atoms with Crippen molar-refractivity contribution in [3.05, 3.63) is 0 Å². The van der Waals surface area contributed by atoms with Crippen LogP contribution in [0.5, 0.6) is 0 Å². The van der Waals surface area contributed by atoms with Gasteiger partial charge in [-0.2, -0.15) is 0 Å². The first-order chi connectivity index (χ1) is 13.6. The topological polar surface area (TPSA) is 65.1 Å². The van der Waals surface area contributed by atoms with Crippen LogP contribution in [-0.4, -0.2) is 98.1 Å². The molecular formula is C21H36N4O3. The number of hydrogen-bond donors (Lipinski definition) is 1. The van der Waals surface area contributed by atoms with Crippen molar-refractivity contribution < 1.29 is 14.3 Å². The maximum atomic E-state index is 12.5. The molecule has 7 heteroatoms. The van der Waals surface area contributed by atoms with Crippen molar-refractivity contribution in [1.82, 2.24) is 20.0 Å². The summed E-state index contributed by atoms with van der Waals surface area (Å²) < 4.78 is 5.31. The number of amides is 2. The highest BCUT2D eigenvalue weighted by molar-refractivity contribution is 5.79. The van der Waals surface area contributed by atoms with E-state index in [-0.39, 0.29) is 11.8 Å². The fourth-order valence-corrected chi connectivity index (χ4v) is 5.73. The second-order valence-corrected chi connectivity index (χ2v) is 9.24. The third-order valence-corrected chi connectivity index (χ3v) is 7.38. The van der Waals surface area contributed by atoms with Gasteiger partial charge in [-0.15, -0.1) is 0 Å². The van der Waals surface area contributed by atoms with Gasteiger partial charge < -0.3 is 15.0 Å². The summed E-state index contributed by atoms with van der Waals surface area (Å²) in [7, 11) is 0. The summed E-state index contributed by atoms with van der Waals surface area (Å²) in [6.07, 6.45) is 5.46. The van der Waals surface area contributed by atoms with Crippen LogP contribution in [0.4, 0.5) is 0 Å². The Morgan fingerprint density at radius 1 is 0.964 bits per heavy atom. The van der Waals surface area contributed by atoms with E-state index in [0.29, 0.717) is 51.4 Å². The minimum Gasteiger partial charge on any atom is -0.378 e. The summed E-state index contributed by atoms with van der Waals surface area (Å²) in [6.45, 7) is 9.29. The second kappa shape index (κ2) is 9.09. The summed E-state index contributed by atoms with van der Waals surface area (Å²) in [4.78, 5) is 31.2. The van der Waals surface area contributed by atoms with Crippen LogP contribution in [0.1, 0.15) is 32.6 Å². The smallest absolute Gasteiger partial charge is 0.236 e. The number of rotatable bonds is 6. The number of carbonyl (C=O) groups excluding carboxylic acids is 2. The molecule has 2 heterocycles.